The Morgan fingerprint density at radius 3 is 2.16 bits per heavy atom. The molecule has 0 unspecified atom stereocenters. The van der Waals surface area contributed by atoms with E-state index in [4.69, 9.17) is 10.5 Å². The highest BCUT2D eigenvalue weighted by Crippen LogP contribution is 2.30. The molecule has 124 valence electrons. The van der Waals surface area contributed by atoms with Crippen LogP contribution in [0.4, 0.5) is 0 Å². The van der Waals surface area contributed by atoms with E-state index in [1.54, 1.807) is 12.1 Å². The molecule has 0 spiro atoms. The summed E-state index contributed by atoms with van der Waals surface area (Å²) in [5.41, 5.74) is 10.7. The minimum absolute atomic E-state index is 0.280. The molecule has 4 heteroatoms. The van der Waals surface area contributed by atoms with Crippen LogP contribution in [0.1, 0.15) is 15.9 Å². The van der Waals surface area contributed by atoms with E-state index in [2.05, 4.69) is 6.07 Å². The minimum atomic E-state index is -0.576. The van der Waals surface area contributed by atoms with Crippen molar-refractivity contribution in [2.45, 2.75) is 6.92 Å². The van der Waals surface area contributed by atoms with Crippen molar-refractivity contribution in [3.8, 4) is 28.0 Å². The van der Waals surface area contributed by atoms with Crippen LogP contribution in [0.2, 0.25) is 0 Å². The van der Waals surface area contributed by atoms with E-state index in [0.29, 0.717) is 6.47 Å². The van der Waals surface area contributed by atoms with E-state index in [-0.39, 0.29) is 11.3 Å². The van der Waals surface area contributed by atoms with Crippen molar-refractivity contribution < 1.29 is 14.3 Å². The summed E-state index contributed by atoms with van der Waals surface area (Å²) in [6, 6.07) is 21.0. The van der Waals surface area contributed by atoms with E-state index < -0.39 is 5.91 Å². The highest BCUT2D eigenvalue weighted by molar-refractivity contribution is 5.95. The quantitative estimate of drug-likeness (QED) is 0.719. The third kappa shape index (κ3) is 3.75. The number of rotatable bonds is 5. The van der Waals surface area contributed by atoms with Gasteiger partial charge in [-0.25, -0.2) is 0 Å². The van der Waals surface area contributed by atoms with E-state index in [1.165, 1.54) is 11.6 Å². The van der Waals surface area contributed by atoms with Gasteiger partial charge < -0.3 is 10.5 Å². The van der Waals surface area contributed by atoms with Crippen LogP contribution in [0, 0.1) is 6.92 Å². The van der Waals surface area contributed by atoms with Gasteiger partial charge >= 0.3 is 0 Å². The fourth-order valence-corrected chi connectivity index (χ4v) is 2.73. The number of hydrogen-bond acceptors (Lipinski definition) is 3. The Balaban J connectivity index is 2.09. The monoisotopic (exact) mass is 331 g/mol. The molecule has 0 heterocycles. The summed E-state index contributed by atoms with van der Waals surface area (Å²) < 4.78 is 4.90. The van der Waals surface area contributed by atoms with Gasteiger partial charge in [-0.05, 0) is 53.4 Å². The average molecular weight is 331 g/mol. The van der Waals surface area contributed by atoms with Gasteiger partial charge in [-0.1, -0.05) is 48.0 Å². The van der Waals surface area contributed by atoms with E-state index >= 15 is 0 Å². The molecule has 4 nitrogen and oxygen atoms in total. The van der Waals surface area contributed by atoms with Crippen LogP contribution < -0.4 is 10.5 Å². The van der Waals surface area contributed by atoms with Gasteiger partial charge in [0.2, 0.25) is 5.91 Å². The number of ether oxygens (including phenoxy) is 1. The molecule has 0 atom stereocenters. The molecule has 0 aliphatic heterocycles. The van der Waals surface area contributed by atoms with Gasteiger partial charge in [-0.15, -0.1) is 0 Å². The van der Waals surface area contributed by atoms with Crippen molar-refractivity contribution in [3.63, 3.8) is 0 Å². The smallest absolute Gasteiger partial charge is 0.298 e. The Hall–Kier alpha value is -3.40. The van der Waals surface area contributed by atoms with Gasteiger partial charge in [0.25, 0.3) is 6.47 Å². The third-order valence-corrected chi connectivity index (χ3v) is 3.92. The van der Waals surface area contributed by atoms with Crippen LogP contribution in [0.25, 0.3) is 22.3 Å². The zero-order valence-corrected chi connectivity index (χ0v) is 13.7. The molecule has 25 heavy (non-hydrogen) atoms. The molecular formula is C21H17NO3. The van der Waals surface area contributed by atoms with Crippen molar-refractivity contribution in [1.82, 2.24) is 0 Å². The Labute approximate surface area is 145 Å². The molecule has 3 aromatic carbocycles. The molecule has 0 aromatic heterocycles. The lowest BCUT2D eigenvalue weighted by atomic mass is 9.97. The van der Waals surface area contributed by atoms with Gasteiger partial charge in [0.15, 0.2) is 0 Å². The summed E-state index contributed by atoms with van der Waals surface area (Å²) in [6.45, 7) is 2.37. The number of amides is 1. The maximum atomic E-state index is 11.5. The first-order valence-electron chi connectivity index (χ1n) is 7.79. The minimum Gasteiger partial charge on any atom is -0.429 e. The summed E-state index contributed by atoms with van der Waals surface area (Å²) in [5.74, 6) is -0.297. The topological polar surface area (TPSA) is 69.4 Å². The first kappa shape index (κ1) is 16.5. The number of nitrogens with two attached hydrogens (primary N) is 1. The fourth-order valence-electron chi connectivity index (χ4n) is 2.73. The average Bonchev–Trinajstić information content (AvgIpc) is 2.62. The molecule has 0 saturated carbocycles. The molecule has 1 amide bonds. The maximum absolute atomic E-state index is 11.5. The molecule has 0 aliphatic rings. The Kier molecular flexibility index (Phi) is 4.61. The van der Waals surface area contributed by atoms with Crippen LogP contribution in [0.15, 0.2) is 66.7 Å². The maximum Gasteiger partial charge on any atom is 0.298 e. The summed E-state index contributed by atoms with van der Waals surface area (Å²) in [7, 11) is 0. The van der Waals surface area contributed by atoms with Crippen molar-refractivity contribution in [1.29, 1.82) is 0 Å². The molecule has 0 aliphatic carbocycles. The Morgan fingerprint density at radius 2 is 1.52 bits per heavy atom. The second kappa shape index (κ2) is 7.01. The molecule has 0 radical (unpaired) electrons. The summed E-state index contributed by atoms with van der Waals surface area (Å²) >= 11 is 0. The number of carbonyl (C=O) groups excluding carboxylic acids is 2. The van der Waals surface area contributed by atoms with Crippen molar-refractivity contribution >= 4 is 12.4 Å². The summed E-state index contributed by atoms with van der Waals surface area (Å²) in [6.07, 6.45) is 0. The Bertz CT molecular complexity index is 947. The predicted octanol–water partition coefficient (Wildman–Crippen LogP) is 3.96. The van der Waals surface area contributed by atoms with Gasteiger partial charge in [0.05, 0.1) is 0 Å². The van der Waals surface area contributed by atoms with E-state index in [1.807, 2.05) is 49.4 Å². The van der Waals surface area contributed by atoms with Crippen molar-refractivity contribution in [2.75, 3.05) is 0 Å². The number of aryl methyl sites for hydroxylation is 1. The molecule has 0 bridgehead atoms. The SMILES string of the molecule is Cc1cccc(-c2cccc(-c3cc(OC=O)cc(C(N)=O)c3)c2)c1. The van der Waals surface area contributed by atoms with Gasteiger partial charge in [-0.3, -0.25) is 9.59 Å². The van der Waals surface area contributed by atoms with Crippen LogP contribution in [-0.4, -0.2) is 12.4 Å². The van der Waals surface area contributed by atoms with Crippen LogP contribution in [0.3, 0.4) is 0 Å². The van der Waals surface area contributed by atoms with Crippen molar-refractivity contribution in [2.24, 2.45) is 5.73 Å². The zero-order chi connectivity index (χ0) is 17.8. The highest BCUT2D eigenvalue weighted by atomic mass is 16.5. The largest absolute Gasteiger partial charge is 0.429 e. The predicted molar refractivity (Wildman–Crippen MR) is 97.3 cm³/mol. The second-order valence-electron chi connectivity index (χ2n) is 5.77. The van der Waals surface area contributed by atoms with Crippen LogP contribution in [0.5, 0.6) is 5.75 Å². The lowest BCUT2D eigenvalue weighted by Crippen LogP contribution is -2.11. The molecule has 0 saturated heterocycles. The molecule has 3 rings (SSSR count). The van der Waals surface area contributed by atoms with Gasteiger partial charge in [0.1, 0.15) is 5.75 Å². The van der Waals surface area contributed by atoms with Gasteiger partial charge in [0, 0.05) is 5.56 Å². The van der Waals surface area contributed by atoms with Gasteiger partial charge in [-0.2, -0.15) is 0 Å². The zero-order valence-electron chi connectivity index (χ0n) is 13.7. The standard InChI is InChI=1S/C21H17NO3/c1-14-4-2-5-15(8-14)16-6-3-7-17(9-16)18-10-19(21(22)24)12-20(11-18)25-13-23/h2-13H,1H3,(H2,22,24). The first-order chi connectivity index (χ1) is 12.1. The molecular weight excluding hydrogens is 314 g/mol. The lowest BCUT2D eigenvalue weighted by Gasteiger charge is -2.09. The first-order valence-corrected chi connectivity index (χ1v) is 7.79. The number of carbonyl (C=O) groups is 2. The number of benzene rings is 3. The molecule has 3 aromatic rings. The Morgan fingerprint density at radius 1 is 0.880 bits per heavy atom. The molecule has 0 fully saturated rings. The van der Waals surface area contributed by atoms with E-state index in [9.17, 15) is 9.59 Å². The third-order valence-electron chi connectivity index (χ3n) is 3.92. The van der Waals surface area contributed by atoms with Crippen LogP contribution in [-0.2, 0) is 4.79 Å². The summed E-state index contributed by atoms with van der Waals surface area (Å²) in [5, 5.41) is 0. The van der Waals surface area contributed by atoms with Crippen LogP contribution >= 0.6 is 0 Å². The van der Waals surface area contributed by atoms with Crippen molar-refractivity contribution in [3.05, 3.63) is 77.9 Å². The van der Waals surface area contributed by atoms with E-state index in [0.717, 1.165) is 22.3 Å². The normalized spacial score (nSPS) is 10.3. The molecule has 2 N–H and O–H groups in total. The lowest BCUT2D eigenvalue weighted by molar-refractivity contribution is -0.120. The summed E-state index contributed by atoms with van der Waals surface area (Å²) in [4.78, 5) is 22.2. The number of hydrogen-bond donors (Lipinski definition) is 1. The highest BCUT2D eigenvalue weighted by Gasteiger charge is 2.09. The number of primary amides is 1. The fraction of sp³-hybridized carbons (Fsp3) is 0.0476. The second-order valence-corrected chi connectivity index (χ2v) is 5.77.